The first-order valence-corrected chi connectivity index (χ1v) is 7.65. The van der Waals surface area contributed by atoms with Gasteiger partial charge in [0, 0.05) is 6.54 Å². The van der Waals surface area contributed by atoms with Crippen molar-refractivity contribution in [3.63, 3.8) is 0 Å². The van der Waals surface area contributed by atoms with Gasteiger partial charge in [-0.2, -0.15) is 0 Å². The van der Waals surface area contributed by atoms with Crippen molar-refractivity contribution in [3.8, 4) is 0 Å². The molecule has 22 heavy (non-hydrogen) atoms. The first kappa shape index (κ1) is 13.0. The standard InChI is InChI=1S/C20H18N2/c1-2-9-18-15(6-1)7-5-8-16(18)12-13-17-14-21-19-10-3-4-11-20(19)22-17/h1-13,17,21-22H,14H2/b13-12+/t17-/m0/s1. The second kappa shape index (κ2) is 5.57. The molecule has 1 aliphatic heterocycles. The van der Waals surface area contributed by atoms with Gasteiger partial charge < -0.3 is 10.6 Å². The molecule has 0 aliphatic carbocycles. The van der Waals surface area contributed by atoms with Gasteiger partial charge in [-0.3, -0.25) is 0 Å². The monoisotopic (exact) mass is 286 g/mol. The van der Waals surface area contributed by atoms with E-state index in [0.29, 0.717) is 6.04 Å². The minimum Gasteiger partial charge on any atom is -0.381 e. The molecule has 1 aliphatic rings. The molecule has 2 N–H and O–H groups in total. The molecule has 1 heterocycles. The van der Waals surface area contributed by atoms with E-state index in [2.05, 4.69) is 89.5 Å². The van der Waals surface area contributed by atoms with Crippen LogP contribution in [0, 0.1) is 0 Å². The third-order valence-corrected chi connectivity index (χ3v) is 4.11. The average molecular weight is 286 g/mol. The fraction of sp³-hybridized carbons (Fsp3) is 0.100. The molecule has 0 unspecified atom stereocenters. The number of hydrogen-bond acceptors (Lipinski definition) is 2. The molecule has 2 nitrogen and oxygen atoms in total. The molecule has 2 heteroatoms. The van der Waals surface area contributed by atoms with Crippen molar-refractivity contribution in [1.29, 1.82) is 0 Å². The number of nitrogens with one attached hydrogen (secondary N) is 2. The van der Waals surface area contributed by atoms with Crippen molar-refractivity contribution < 1.29 is 0 Å². The van der Waals surface area contributed by atoms with E-state index >= 15 is 0 Å². The van der Waals surface area contributed by atoms with E-state index in [1.165, 1.54) is 27.7 Å². The van der Waals surface area contributed by atoms with Crippen LogP contribution >= 0.6 is 0 Å². The average Bonchev–Trinajstić information content (AvgIpc) is 2.60. The van der Waals surface area contributed by atoms with Crippen molar-refractivity contribution in [1.82, 2.24) is 0 Å². The molecule has 0 spiro atoms. The minimum atomic E-state index is 0.300. The summed E-state index contributed by atoms with van der Waals surface area (Å²) < 4.78 is 0. The Morgan fingerprint density at radius 2 is 1.59 bits per heavy atom. The summed E-state index contributed by atoms with van der Waals surface area (Å²) in [5, 5.41) is 9.62. The molecule has 0 bridgehead atoms. The van der Waals surface area contributed by atoms with Gasteiger partial charge in [0.25, 0.3) is 0 Å². The zero-order valence-electron chi connectivity index (χ0n) is 12.3. The molecule has 0 fully saturated rings. The second-order valence-corrected chi connectivity index (χ2v) is 5.60. The van der Waals surface area contributed by atoms with E-state index in [0.717, 1.165) is 6.54 Å². The normalized spacial score (nSPS) is 17.0. The van der Waals surface area contributed by atoms with Crippen LogP contribution in [0.5, 0.6) is 0 Å². The van der Waals surface area contributed by atoms with Crippen LogP contribution < -0.4 is 10.6 Å². The Morgan fingerprint density at radius 3 is 2.55 bits per heavy atom. The van der Waals surface area contributed by atoms with E-state index in [-0.39, 0.29) is 0 Å². The van der Waals surface area contributed by atoms with E-state index < -0.39 is 0 Å². The predicted octanol–water partition coefficient (Wildman–Crippen LogP) is 4.76. The van der Waals surface area contributed by atoms with E-state index in [9.17, 15) is 0 Å². The fourth-order valence-corrected chi connectivity index (χ4v) is 2.97. The van der Waals surface area contributed by atoms with Gasteiger partial charge >= 0.3 is 0 Å². The summed E-state index contributed by atoms with van der Waals surface area (Å²) in [6, 6.07) is 23.6. The van der Waals surface area contributed by atoms with Crippen LogP contribution in [0.1, 0.15) is 5.56 Å². The van der Waals surface area contributed by atoms with Gasteiger partial charge in [0.15, 0.2) is 0 Å². The zero-order valence-corrected chi connectivity index (χ0v) is 12.3. The summed E-state index contributed by atoms with van der Waals surface area (Å²) in [5.41, 5.74) is 3.61. The van der Waals surface area contributed by atoms with Gasteiger partial charge in [-0.15, -0.1) is 0 Å². The lowest BCUT2D eigenvalue weighted by Gasteiger charge is -2.26. The number of benzene rings is 3. The number of fused-ring (bicyclic) bond motifs is 2. The van der Waals surface area contributed by atoms with Crippen LogP contribution in [-0.2, 0) is 0 Å². The molecular weight excluding hydrogens is 268 g/mol. The lowest BCUT2D eigenvalue weighted by molar-refractivity contribution is 0.896. The van der Waals surface area contributed by atoms with Crippen LogP contribution in [0.25, 0.3) is 16.8 Å². The summed E-state index contributed by atoms with van der Waals surface area (Å²) in [7, 11) is 0. The third-order valence-electron chi connectivity index (χ3n) is 4.11. The van der Waals surface area contributed by atoms with E-state index in [1.807, 2.05) is 0 Å². The van der Waals surface area contributed by atoms with Crippen molar-refractivity contribution in [2.24, 2.45) is 0 Å². The highest BCUT2D eigenvalue weighted by Gasteiger charge is 2.13. The van der Waals surface area contributed by atoms with Gasteiger partial charge in [-0.1, -0.05) is 66.7 Å². The van der Waals surface area contributed by atoms with E-state index in [4.69, 9.17) is 0 Å². The Balaban J connectivity index is 1.60. The van der Waals surface area contributed by atoms with Gasteiger partial charge in [0.2, 0.25) is 0 Å². The molecule has 0 amide bonds. The van der Waals surface area contributed by atoms with Crippen LogP contribution in [0.3, 0.4) is 0 Å². The first-order chi connectivity index (χ1) is 10.9. The number of para-hydroxylation sites is 2. The minimum absolute atomic E-state index is 0.300. The highest BCUT2D eigenvalue weighted by Crippen LogP contribution is 2.26. The lowest BCUT2D eigenvalue weighted by atomic mass is 10.0. The first-order valence-electron chi connectivity index (χ1n) is 7.65. The summed E-state index contributed by atoms with van der Waals surface area (Å²) in [6.07, 6.45) is 4.46. The Hall–Kier alpha value is -2.74. The molecular formula is C20H18N2. The highest BCUT2D eigenvalue weighted by molar-refractivity contribution is 5.90. The summed E-state index contributed by atoms with van der Waals surface area (Å²) in [4.78, 5) is 0. The molecule has 3 aromatic rings. The molecule has 0 radical (unpaired) electrons. The van der Waals surface area contributed by atoms with Crippen molar-refractivity contribution in [2.45, 2.75) is 6.04 Å². The van der Waals surface area contributed by atoms with Crippen LogP contribution in [0.15, 0.2) is 72.8 Å². The summed E-state index contributed by atoms with van der Waals surface area (Å²) >= 11 is 0. The van der Waals surface area contributed by atoms with Gasteiger partial charge in [0.05, 0.1) is 17.4 Å². The fourth-order valence-electron chi connectivity index (χ4n) is 2.97. The Kier molecular flexibility index (Phi) is 3.28. The Labute approximate surface area is 130 Å². The number of rotatable bonds is 2. The molecule has 4 rings (SSSR count). The Morgan fingerprint density at radius 1 is 0.818 bits per heavy atom. The number of anilines is 2. The maximum atomic E-state index is 3.57. The topological polar surface area (TPSA) is 24.1 Å². The summed E-state index contributed by atoms with van der Waals surface area (Å²) in [6.45, 7) is 0.901. The summed E-state index contributed by atoms with van der Waals surface area (Å²) in [5.74, 6) is 0. The molecule has 108 valence electrons. The lowest BCUT2D eigenvalue weighted by Crippen LogP contribution is -2.30. The molecule has 0 saturated heterocycles. The second-order valence-electron chi connectivity index (χ2n) is 5.60. The van der Waals surface area contributed by atoms with Crippen LogP contribution in [0.4, 0.5) is 11.4 Å². The molecule has 1 atom stereocenters. The van der Waals surface area contributed by atoms with Crippen LogP contribution in [-0.4, -0.2) is 12.6 Å². The quantitative estimate of drug-likeness (QED) is 0.709. The van der Waals surface area contributed by atoms with Crippen molar-refractivity contribution in [2.75, 3.05) is 17.2 Å². The SMILES string of the molecule is C(=C\[C@H]1CNc2ccccc2N1)/c1cccc2ccccc12. The smallest absolute Gasteiger partial charge is 0.0621 e. The van der Waals surface area contributed by atoms with E-state index in [1.54, 1.807) is 0 Å². The maximum Gasteiger partial charge on any atom is 0.0621 e. The number of hydrogen-bond donors (Lipinski definition) is 2. The maximum absolute atomic E-state index is 3.57. The van der Waals surface area contributed by atoms with Gasteiger partial charge in [0.1, 0.15) is 0 Å². The largest absolute Gasteiger partial charge is 0.381 e. The van der Waals surface area contributed by atoms with Crippen molar-refractivity contribution >= 4 is 28.2 Å². The predicted molar refractivity (Wildman–Crippen MR) is 95.3 cm³/mol. The van der Waals surface area contributed by atoms with Crippen molar-refractivity contribution in [3.05, 3.63) is 78.4 Å². The van der Waals surface area contributed by atoms with Crippen LogP contribution in [0.2, 0.25) is 0 Å². The molecule has 0 aromatic heterocycles. The Bertz CT molecular complexity index is 830. The van der Waals surface area contributed by atoms with Gasteiger partial charge in [-0.05, 0) is 28.5 Å². The third kappa shape index (κ3) is 2.44. The highest BCUT2D eigenvalue weighted by atomic mass is 15.1. The van der Waals surface area contributed by atoms with Gasteiger partial charge in [-0.25, -0.2) is 0 Å². The molecule has 3 aromatic carbocycles. The zero-order chi connectivity index (χ0) is 14.8. The molecule has 0 saturated carbocycles.